The lowest BCUT2D eigenvalue weighted by Crippen LogP contribution is -2.20. The average Bonchev–Trinajstić information content (AvgIpc) is 3.02. The predicted molar refractivity (Wildman–Crippen MR) is 96.7 cm³/mol. The number of benzene rings is 1. The van der Waals surface area contributed by atoms with Crippen LogP contribution in [0.2, 0.25) is 0 Å². The molecule has 0 aliphatic rings. The molecule has 0 saturated carbocycles. The summed E-state index contributed by atoms with van der Waals surface area (Å²) in [5, 5.41) is 2.67. The van der Waals surface area contributed by atoms with Crippen molar-refractivity contribution in [1.82, 2.24) is 0 Å². The van der Waals surface area contributed by atoms with E-state index in [9.17, 15) is 9.59 Å². The highest BCUT2D eigenvalue weighted by molar-refractivity contribution is 7.13. The monoisotopic (exact) mass is 363 g/mol. The van der Waals surface area contributed by atoms with Crippen LogP contribution in [0.4, 0.5) is 5.69 Å². The van der Waals surface area contributed by atoms with Gasteiger partial charge in [0.1, 0.15) is 4.88 Å². The number of hydrogen-bond donors (Lipinski definition) is 1. The van der Waals surface area contributed by atoms with Gasteiger partial charge in [0.15, 0.2) is 18.1 Å². The number of hydrogen-bond acceptors (Lipinski definition) is 6. The second kappa shape index (κ2) is 9.08. The van der Waals surface area contributed by atoms with E-state index in [0.29, 0.717) is 35.3 Å². The molecule has 134 valence electrons. The first-order valence-corrected chi connectivity index (χ1v) is 8.78. The van der Waals surface area contributed by atoms with Crippen molar-refractivity contribution in [1.29, 1.82) is 0 Å². The van der Waals surface area contributed by atoms with Crippen molar-refractivity contribution in [3.05, 3.63) is 40.1 Å². The van der Waals surface area contributed by atoms with Gasteiger partial charge >= 0.3 is 5.97 Å². The zero-order chi connectivity index (χ0) is 18.2. The van der Waals surface area contributed by atoms with Gasteiger partial charge in [0.05, 0.1) is 13.2 Å². The van der Waals surface area contributed by atoms with Crippen molar-refractivity contribution >= 4 is 28.9 Å². The van der Waals surface area contributed by atoms with E-state index in [2.05, 4.69) is 5.32 Å². The molecule has 1 aromatic carbocycles. The Hall–Kier alpha value is -2.54. The lowest BCUT2D eigenvalue weighted by molar-refractivity contribution is -0.119. The van der Waals surface area contributed by atoms with Crippen molar-refractivity contribution in [3.8, 4) is 11.5 Å². The number of aryl methyl sites for hydroxylation is 1. The molecule has 7 heteroatoms. The molecule has 0 radical (unpaired) electrons. The minimum Gasteiger partial charge on any atom is -0.490 e. The van der Waals surface area contributed by atoms with E-state index in [0.717, 1.165) is 4.88 Å². The van der Waals surface area contributed by atoms with Crippen LogP contribution in [0.15, 0.2) is 30.3 Å². The minimum atomic E-state index is -0.505. The molecule has 2 aromatic rings. The highest BCUT2D eigenvalue weighted by atomic mass is 32.1. The number of rotatable bonds is 8. The SMILES string of the molecule is CCOc1ccc(NC(=O)COC(=O)c2ccc(C)s2)cc1OCC. The summed E-state index contributed by atoms with van der Waals surface area (Å²) >= 11 is 1.33. The van der Waals surface area contributed by atoms with E-state index in [-0.39, 0.29) is 6.61 Å². The van der Waals surface area contributed by atoms with Crippen LogP contribution in [0.25, 0.3) is 0 Å². The number of anilines is 1. The Balaban J connectivity index is 1.93. The van der Waals surface area contributed by atoms with Gasteiger partial charge in [-0.3, -0.25) is 4.79 Å². The molecular formula is C18H21NO5S. The topological polar surface area (TPSA) is 73.9 Å². The first kappa shape index (κ1) is 18.8. The number of ether oxygens (including phenoxy) is 3. The Labute approximate surface area is 150 Å². The molecule has 0 saturated heterocycles. The normalized spacial score (nSPS) is 10.2. The first-order valence-electron chi connectivity index (χ1n) is 7.96. The van der Waals surface area contributed by atoms with E-state index in [1.807, 2.05) is 26.8 Å². The van der Waals surface area contributed by atoms with Gasteiger partial charge in [-0.2, -0.15) is 0 Å². The zero-order valence-electron chi connectivity index (χ0n) is 14.5. The Kier molecular flexibility index (Phi) is 6.82. The maximum atomic E-state index is 12.0. The molecule has 1 heterocycles. The van der Waals surface area contributed by atoms with Gasteiger partial charge in [-0.05, 0) is 45.0 Å². The summed E-state index contributed by atoms with van der Waals surface area (Å²) in [7, 11) is 0. The van der Waals surface area contributed by atoms with E-state index in [1.165, 1.54) is 11.3 Å². The number of esters is 1. The van der Waals surface area contributed by atoms with E-state index in [1.54, 1.807) is 24.3 Å². The lowest BCUT2D eigenvalue weighted by Gasteiger charge is -2.13. The second-order valence-electron chi connectivity index (χ2n) is 5.06. The van der Waals surface area contributed by atoms with Gasteiger partial charge in [0.25, 0.3) is 5.91 Å². The van der Waals surface area contributed by atoms with Gasteiger partial charge < -0.3 is 19.5 Å². The lowest BCUT2D eigenvalue weighted by atomic mass is 10.2. The number of nitrogens with one attached hydrogen (secondary N) is 1. The van der Waals surface area contributed by atoms with Crippen LogP contribution in [0.1, 0.15) is 28.4 Å². The van der Waals surface area contributed by atoms with Gasteiger partial charge in [-0.1, -0.05) is 0 Å². The van der Waals surface area contributed by atoms with Gasteiger partial charge in [-0.25, -0.2) is 4.79 Å². The zero-order valence-corrected chi connectivity index (χ0v) is 15.3. The van der Waals surface area contributed by atoms with E-state index < -0.39 is 11.9 Å². The van der Waals surface area contributed by atoms with Crippen molar-refractivity contribution < 1.29 is 23.8 Å². The quantitative estimate of drug-likeness (QED) is 0.725. The highest BCUT2D eigenvalue weighted by Gasteiger charge is 2.13. The first-order chi connectivity index (χ1) is 12.0. The van der Waals surface area contributed by atoms with Crippen molar-refractivity contribution in [3.63, 3.8) is 0 Å². The molecule has 6 nitrogen and oxygen atoms in total. The molecule has 0 aliphatic carbocycles. The highest BCUT2D eigenvalue weighted by Crippen LogP contribution is 2.30. The Morgan fingerprint density at radius 3 is 2.40 bits per heavy atom. The smallest absolute Gasteiger partial charge is 0.348 e. The molecule has 1 N–H and O–H groups in total. The summed E-state index contributed by atoms with van der Waals surface area (Å²) in [5.41, 5.74) is 0.542. The largest absolute Gasteiger partial charge is 0.490 e. The van der Waals surface area contributed by atoms with Crippen LogP contribution in [0.3, 0.4) is 0 Å². The summed E-state index contributed by atoms with van der Waals surface area (Å²) in [4.78, 5) is 25.3. The van der Waals surface area contributed by atoms with Crippen LogP contribution < -0.4 is 14.8 Å². The van der Waals surface area contributed by atoms with Crippen molar-refractivity contribution in [2.75, 3.05) is 25.1 Å². The maximum Gasteiger partial charge on any atom is 0.348 e. The van der Waals surface area contributed by atoms with Crippen LogP contribution in [-0.2, 0) is 9.53 Å². The molecule has 0 bridgehead atoms. The molecule has 0 aliphatic heterocycles. The van der Waals surface area contributed by atoms with Gasteiger partial charge in [0, 0.05) is 16.6 Å². The molecule has 25 heavy (non-hydrogen) atoms. The third-order valence-corrected chi connectivity index (χ3v) is 4.08. The maximum absolute atomic E-state index is 12.0. The van der Waals surface area contributed by atoms with Crippen molar-refractivity contribution in [2.45, 2.75) is 20.8 Å². The Morgan fingerprint density at radius 1 is 1.04 bits per heavy atom. The van der Waals surface area contributed by atoms with Gasteiger partial charge in [-0.15, -0.1) is 11.3 Å². The second-order valence-corrected chi connectivity index (χ2v) is 6.35. The Morgan fingerprint density at radius 2 is 1.76 bits per heavy atom. The van der Waals surface area contributed by atoms with Crippen molar-refractivity contribution in [2.24, 2.45) is 0 Å². The summed E-state index contributed by atoms with van der Waals surface area (Å²) < 4.78 is 16.0. The molecule has 0 unspecified atom stereocenters. The number of carbonyl (C=O) groups excluding carboxylic acids is 2. The molecule has 2 rings (SSSR count). The standard InChI is InChI=1S/C18H21NO5S/c1-4-22-14-8-7-13(10-15(14)23-5-2)19-17(20)11-24-18(21)16-9-6-12(3)25-16/h6-10H,4-5,11H2,1-3H3,(H,19,20). The minimum absolute atomic E-state index is 0.354. The molecular weight excluding hydrogens is 342 g/mol. The molecule has 0 spiro atoms. The number of amides is 1. The molecule has 0 atom stereocenters. The summed E-state index contributed by atoms with van der Waals surface area (Å²) in [6, 6.07) is 8.62. The van der Waals surface area contributed by atoms with Crippen LogP contribution in [0.5, 0.6) is 11.5 Å². The number of carbonyl (C=O) groups is 2. The fourth-order valence-electron chi connectivity index (χ4n) is 2.07. The fraction of sp³-hybridized carbons (Fsp3) is 0.333. The summed E-state index contributed by atoms with van der Waals surface area (Å²) in [5.74, 6) is 0.234. The molecule has 0 fully saturated rings. The fourth-order valence-corrected chi connectivity index (χ4v) is 2.83. The van der Waals surface area contributed by atoms with E-state index >= 15 is 0 Å². The van der Waals surface area contributed by atoms with Crippen LogP contribution in [0, 0.1) is 6.92 Å². The third-order valence-electron chi connectivity index (χ3n) is 3.10. The third kappa shape index (κ3) is 5.49. The van der Waals surface area contributed by atoms with Crippen LogP contribution >= 0.6 is 11.3 Å². The molecule has 1 amide bonds. The number of thiophene rings is 1. The summed E-state index contributed by atoms with van der Waals surface area (Å²) in [6.45, 7) is 6.30. The molecule has 1 aromatic heterocycles. The average molecular weight is 363 g/mol. The summed E-state index contributed by atoms with van der Waals surface area (Å²) in [6.07, 6.45) is 0. The van der Waals surface area contributed by atoms with Crippen LogP contribution in [-0.4, -0.2) is 31.7 Å². The Bertz CT molecular complexity index is 741. The van der Waals surface area contributed by atoms with E-state index in [4.69, 9.17) is 14.2 Å². The van der Waals surface area contributed by atoms with Gasteiger partial charge in [0.2, 0.25) is 0 Å². The predicted octanol–water partition coefficient (Wildman–Crippen LogP) is 3.65.